The van der Waals surface area contributed by atoms with Gasteiger partial charge in [-0.25, -0.2) is 4.21 Å². The molecule has 0 bridgehead atoms. The van der Waals surface area contributed by atoms with Crippen molar-refractivity contribution in [2.45, 2.75) is 38.0 Å². The normalized spacial score (nSPS) is 18.5. The highest BCUT2D eigenvalue weighted by atomic mass is 36.0. The standard InChI is InChI=1S/C9H11NO2S.C8H9NO2S.CH4O.Cl2OS/c1-12-9(11)7-4-6-2-3-13-8(6)5-10-7;10-8(11)6-3-5-1-2-12-7(5)4-9-6;1-2;1-4(2)3/h2-3,7,10H,4-5H2,1H3;1-2,6,9H,3-4H2,(H,10,11);2H,1H3;. The van der Waals surface area contributed by atoms with Crippen LogP contribution in [0, 0.1) is 0 Å². The molecule has 2 aromatic rings. The van der Waals surface area contributed by atoms with E-state index >= 15 is 0 Å². The third kappa shape index (κ3) is 9.54. The Balaban J connectivity index is 0.000000249. The second-order valence-electron chi connectivity index (χ2n) is 6.06. The van der Waals surface area contributed by atoms with Gasteiger partial charge in [-0.1, -0.05) is 0 Å². The molecule has 2 aliphatic heterocycles. The first-order valence-corrected chi connectivity index (χ1v) is 13.4. The molecule has 8 nitrogen and oxygen atoms in total. The number of rotatable bonds is 2. The molecule has 174 valence electrons. The van der Waals surface area contributed by atoms with E-state index < -0.39 is 21.2 Å². The maximum absolute atomic E-state index is 11.2. The molecule has 13 heteroatoms. The minimum atomic E-state index is -1.67. The second kappa shape index (κ2) is 14.9. The van der Waals surface area contributed by atoms with Gasteiger partial charge in [-0.3, -0.25) is 20.2 Å². The average Bonchev–Trinajstić information content (AvgIpc) is 3.42. The lowest BCUT2D eigenvalue weighted by Crippen LogP contribution is -2.41. The summed E-state index contributed by atoms with van der Waals surface area (Å²) in [4.78, 5) is 24.4. The number of hydrogen-bond donors (Lipinski definition) is 4. The number of nitrogens with one attached hydrogen (secondary N) is 2. The lowest BCUT2D eigenvalue weighted by Gasteiger charge is -2.21. The van der Waals surface area contributed by atoms with E-state index in [0.717, 1.165) is 20.1 Å². The molecular weight excluding hydrogens is 507 g/mol. The Morgan fingerprint density at radius 2 is 1.45 bits per heavy atom. The van der Waals surface area contributed by atoms with E-state index in [1.165, 1.54) is 28.0 Å². The molecule has 4 rings (SSSR count). The molecule has 2 unspecified atom stereocenters. The van der Waals surface area contributed by atoms with Gasteiger partial charge in [0.2, 0.25) is 9.23 Å². The summed E-state index contributed by atoms with van der Waals surface area (Å²) in [6, 6.07) is 3.53. The average molecular weight is 532 g/mol. The number of aliphatic hydroxyl groups is 1. The van der Waals surface area contributed by atoms with Crippen LogP contribution in [0.2, 0.25) is 0 Å². The summed E-state index contributed by atoms with van der Waals surface area (Å²) in [5, 5.41) is 25.9. The van der Waals surface area contributed by atoms with E-state index in [-0.39, 0.29) is 12.0 Å². The summed E-state index contributed by atoms with van der Waals surface area (Å²) < 4.78 is 13.8. The molecule has 2 aliphatic rings. The zero-order valence-corrected chi connectivity index (χ0v) is 20.8. The van der Waals surface area contributed by atoms with Crippen molar-refractivity contribution in [3.05, 3.63) is 43.8 Å². The Hall–Kier alpha value is -1.05. The van der Waals surface area contributed by atoms with Crippen molar-refractivity contribution >= 4 is 65.2 Å². The summed E-state index contributed by atoms with van der Waals surface area (Å²) in [5.74, 6) is -0.927. The predicted octanol–water partition coefficient (Wildman–Crippen LogP) is 2.43. The zero-order chi connectivity index (χ0) is 23.4. The number of fused-ring (bicyclic) bond motifs is 2. The fourth-order valence-electron chi connectivity index (χ4n) is 2.91. The van der Waals surface area contributed by atoms with Crippen molar-refractivity contribution in [3.8, 4) is 0 Å². The van der Waals surface area contributed by atoms with E-state index in [1.54, 1.807) is 22.7 Å². The summed E-state index contributed by atoms with van der Waals surface area (Å²) in [6.45, 7) is 1.48. The first-order valence-electron chi connectivity index (χ1n) is 8.88. The maximum Gasteiger partial charge on any atom is 0.323 e. The quantitative estimate of drug-likeness (QED) is 0.344. The lowest BCUT2D eigenvalue weighted by molar-refractivity contribution is -0.143. The Morgan fingerprint density at radius 3 is 1.87 bits per heavy atom. The highest BCUT2D eigenvalue weighted by Crippen LogP contribution is 2.23. The van der Waals surface area contributed by atoms with Crippen molar-refractivity contribution in [3.63, 3.8) is 0 Å². The Bertz CT molecular complexity index is 857. The topological polar surface area (TPSA) is 125 Å². The fraction of sp³-hybridized carbons (Fsp3) is 0.444. The molecule has 4 N–H and O–H groups in total. The molecule has 0 saturated carbocycles. The van der Waals surface area contributed by atoms with Crippen LogP contribution in [0.25, 0.3) is 0 Å². The Morgan fingerprint density at radius 1 is 1.03 bits per heavy atom. The van der Waals surface area contributed by atoms with E-state index in [0.29, 0.717) is 13.0 Å². The number of halogens is 2. The predicted molar refractivity (Wildman–Crippen MR) is 125 cm³/mol. The molecule has 31 heavy (non-hydrogen) atoms. The first-order chi connectivity index (χ1) is 14.8. The molecule has 2 atom stereocenters. The van der Waals surface area contributed by atoms with Gasteiger partial charge >= 0.3 is 11.9 Å². The minimum Gasteiger partial charge on any atom is -0.480 e. The molecule has 0 saturated heterocycles. The van der Waals surface area contributed by atoms with E-state index in [2.05, 4.69) is 48.2 Å². The zero-order valence-electron chi connectivity index (χ0n) is 16.8. The van der Waals surface area contributed by atoms with E-state index in [9.17, 15) is 9.59 Å². The van der Waals surface area contributed by atoms with Gasteiger partial charge in [-0.15, -0.1) is 22.7 Å². The van der Waals surface area contributed by atoms with Gasteiger partial charge in [0.1, 0.15) is 12.1 Å². The summed E-state index contributed by atoms with van der Waals surface area (Å²) in [5.41, 5.74) is 2.46. The van der Waals surface area contributed by atoms with E-state index in [1.807, 2.05) is 11.4 Å². The molecule has 0 aromatic carbocycles. The number of ether oxygens (including phenoxy) is 1. The van der Waals surface area contributed by atoms with Crippen LogP contribution < -0.4 is 10.6 Å². The number of carbonyl (C=O) groups is 2. The Labute approximate surface area is 200 Å². The van der Waals surface area contributed by atoms with Crippen LogP contribution in [-0.4, -0.2) is 52.7 Å². The second-order valence-corrected chi connectivity index (χ2v) is 10.6. The third-order valence-corrected chi connectivity index (χ3v) is 6.25. The van der Waals surface area contributed by atoms with Crippen LogP contribution in [0.3, 0.4) is 0 Å². The number of esters is 1. The highest BCUT2D eigenvalue weighted by molar-refractivity contribution is 8.26. The van der Waals surface area contributed by atoms with Crippen LogP contribution in [0.5, 0.6) is 0 Å². The molecule has 0 spiro atoms. The van der Waals surface area contributed by atoms with Crippen LogP contribution in [0.15, 0.2) is 22.9 Å². The van der Waals surface area contributed by atoms with Gasteiger partial charge in [0, 0.05) is 51.3 Å². The number of carboxylic acids is 1. The van der Waals surface area contributed by atoms with Gasteiger partial charge in [-0.2, -0.15) is 0 Å². The van der Waals surface area contributed by atoms with Crippen molar-refractivity contribution in [1.29, 1.82) is 0 Å². The van der Waals surface area contributed by atoms with Gasteiger partial charge in [0.15, 0.2) is 0 Å². The first kappa shape index (κ1) is 28.0. The fourth-order valence-corrected chi connectivity index (χ4v) is 4.64. The van der Waals surface area contributed by atoms with Crippen LogP contribution in [-0.2, 0) is 49.5 Å². The van der Waals surface area contributed by atoms with Crippen LogP contribution in [0.1, 0.15) is 20.9 Å². The number of aliphatic hydroxyl groups excluding tert-OH is 1. The van der Waals surface area contributed by atoms with Crippen molar-refractivity contribution in [1.82, 2.24) is 10.6 Å². The maximum atomic E-state index is 11.2. The number of aliphatic carboxylic acids is 1. The number of carboxylic acid groups (broad SMARTS) is 1. The molecule has 4 heterocycles. The van der Waals surface area contributed by atoms with E-state index in [4.69, 9.17) is 14.4 Å². The van der Waals surface area contributed by atoms with Crippen LogP contribution >= 0.6 is 44.0 Å². The van der Waals surface area contributed by atoms with Crippen molar-refractivity contribution in [2.24, 2.45) is 0 Å². The molecular formula is C18H24Cl2N2O6S3. The lowest BCUT2D eigenvalue weighted by atomic mass is 10.0. The summed E-state index contributed by atoms with van der Waals surface area (Å²) in [6.07, 6.45) is 1.37. The highest BCUT2D eigenvalue weighted by Gasteiger charge is 2.25. The molecule has 0 aliphatic carbocycles. The minimum absolute atomic E-state index is 0.160. The molecule has 0 fully saturated rings. The van der Waals surface area contributed by atoms with Gasteiger partial charge in [-0.05, 0) is 46.9 Å². The number of hydrogen-bond acceptors (Lipinski definition) is 9. The SMILES string of the molecule is CO.COC(=O)C1Cc2ccsc2CN1.O=C(O)C1Cc2ccsc2CN1.O=S(Cl)Cl. The molecule has 2 aromatic heterocycles. The summed E-state index contributed by atoms with van der Waals surface area (Å²) in [7, 11) is 9.78. The molecule has 0 amide bonds. The molecule has 0 radical (unpaired) electrons. The number of thiophene rings is 2. The summed E-state index contributed by atoms with van der Waals surface area (Å²) >= 11 is 3.42. The van der Waals surface area contributed by atoms with Gasteiger partial charge < -0.3 is 14.9 Å². The Kier molecular flexibility index (Phi) is 13.5. The van der Waals surface area contributed by atoms with Gasteiger partial charge in [0.25, 0.3) is 0 Å². The smallest absolute Gasteiger partial charge is 0.323 e. The largest absolute Gasteiger partial charge is 0.480 e. The van der Waals surface area contributed by atoms with Gasteiger partial charge in [0.05, 0.1) is 7.11 Å². The monoisotopic (exact) mass is 530 g/mol. The van der Waals surface area contributed by atoms with Crippen molar-refractivity contribution in [2.75, 3.05) is 14.2 Å². The third-order valence-electron chi connectivity index (χ3n) is 4.33. The number of methoxy groups -OCH3 is 1. The number of carbonyl (C=O) groups excluding carboxylic acids is 1. The van der Waals surface area contributed by atoms with Crippen LogP contribution in [0.4, 0.5) is 0 Å². The van der Waals surface area contributed by atoms with Crippen molar-refractivity contribution < 1.29 is 28.7 Å².